The summed E-state index contributed by atoms with van der Waals surface area (Å²) in [6, 6.07) is 5.05. The largest absolute Gasteiger partial charge is 0.349 e. The second kappa shape index (κ2) is 7.06. The van der Waals surface area contributed by atoms with Gasteiger partial charge in [0.25, 0.3) is 5.91 Å². The highest BCUT2D eigenvalue weighted by atomic mass is 16.2. The number of hydrogen-bond acceptors (Lipinski definition) is 3. The number of benzene rings is 1. The lowest BCUT2D eigenvalue weighted by molar-refractivity contribution is -0.115. The number of nitrogens with one attached hydrogen (secondary N) is 3. The molecule has 1 aliphatic rings. The van der Waals surface area contributed by atoms with E-state index in [-0.39, 0.29) is 23.8 Å². The van der Waals surface area contributed by atoms with Crippen LogP contribution in [0.25, 0.3) is 0 Å². The minimum atomic E-state index is -0.234. The molecule has 1 saturated carbocycles. The van der Waals surface area contributed by atoms with E-state index in [1.54, 1.807) is 18.2 Å². The number of carbonyl (C=O) groups excluding carboxylic acids is 3. The molecule has 1 aliphatic carbocycles. The summed E-state index contributed by atoms with van der Waals surface area (Å²) in [7, 11) is 0. The van der Waals surface area contributed by atoms with Crippen molar-refractivity contribution in [2.75, 3.05) is 10.6 Å². The van der Waals surface area contributed by atoms with Crippen LogP contribution < -0.4 is 16.0 Å². The molecule has 0 spiro atoms. The highest BCUT2D eigenvalue weighted by molar-refractivity contribution is 6.00. The number of anilines is 2. The molecule has 1 aromatic rings. The van der Waals surface area contributed by atoms with Gasteiger partial charge in [-0.05, 0) is 31.0 Å². The first kappa shape index (κ1) is 16.0. The Balaban J connectivity index is 2.21. The standard InChI is InChI=1S/C16H21N3O3/c1-10(20)17-14-7-12(8-15(9-14)18-11(2)21)16(22)19-13-5-3-4-6-13/h7-9,13H,3-6H2,1-2H3,(H,17,20)(H,18,21)(H,19,22). The summed E-state index contributed by atoms with van der Waals surface area (Å²) in [5.41, 5.74) is 1.38. The zero-order chi connectivity index (χ0) is 16.1. The summed E-state index contributed by atoms with van der Waals surface area (Å²) in [5.74, 6) is -0.657. The Labute approximate surface area is 129 Å². The summed E-state index contributed by atoms with van der Waals surface area (Å²) < 4.78 is 0. The van der Waals surface area contributed by atoms with Gasteiger partial charge in [0.2, 0.25) is 11.8 Å². The fraction of sp³-hybridized carbons (Fsp3) is 0.438. The van der Waals surface area contributed by atoms with Crippen molar-refractivity contribution in [1.29, 1.82) is 0 Å². The van der Waals surface area contributed by atoms with E-state index in [2.05, 4.69) is 16.0 Å². The van der Waals surface area contributed by atoms with Gasteiger partial charge >= 0.3 is 0 Å². The van der Waals surface area contributed by atoms with Gasteiger partial charge in [0.15, 0.2) is 0 Å². The molecule has 0 saturated heterocycles. The lowest BCUT2D eigenvalue weighted by Crippen LogP contribution is -2.32. The maximum Gasteiger partial charge on any atom is 0.251 e. The first-order valence-electron chi connectivity index (χ1n) is 7.45. The third-order valence-electron chi connectivity index (χ3n) is 3.53. The van der Waals surface area contributed by atoms with E-state index < -0.39 is 0 Å². The number of hydrogen-bond donors (Lipinski definition) is 3. The molecule has 6 heteroatoms. The van der Waals surface area contributed by atoms with Crippen LogP contribution in [0.5, 0.6) is 0 Å². The Morgan fingerprint density at radius 3 is 1.86 bits per heavy atom. The van der Waals surface area contributed by atoms with Crippen LogP contribution >= 0.6 is 0 Å². The van der Waals surface area contributed by atoms with Crippen molar-refractivity contribution in [2.24, 2.45) is 0 Å². The highest BCUT2D eigenvalue weighted by Gasteiger charge is 2.18. The van der Waals surface area contributed by atoms with Gasteiger partial charge in [0.05, 0.1) is 0 Å². The van der Waals surface area contributed by atoms with Crippen LogP contribution in [0.1, 0.15) is 49.9 Å². The molecular weight excluding hydrogens is 282 g/mol. The molecule has 0 atom stereocenters. The number of carbonyl (C=O) groups is 3. The maximum atomic E-state index is 12.3. The van der Waals surface area contributed by atoms with Gasteiger partial charge in [0.1, 0.15) is 0 Å². The third kappa shape index (κ3) is 4.58. The molecule has 0 radical (unpaired) electrons. The quantitative estimate of drug-likeness (QED) is 0.797. The van der Waals surface area contributed by atoms with Gasteiger partial charge in [-0.25, -0.2) is 0 Å². The van der Waals surface area contributed by atoms with E-state index in [9.17, 15) is 14.4 Å². The van der Waals surface area contributed by atoms with E-state index >= 15 is 0 Å². The predicted molar refractivity (Wildman–Crippen MR) is 84.8 cm³/mol. The molecule has 118 valence electrons. The topological polar surface area (TPSA) is 87.3 Å². The molecule has 3 N–H and O–H groups in total. The number of amides is 3. The van der Waals surface area contributed by atoms with Gasteiger partial charge in [-0.2, -0.15) is 0 Å². The van der Waals surface area contributed by atoms with E-state index in [1.165, 1.54) is 13.8 Å². The molecule has 0 aliphatic heterocycles. The van der Waals surface area contributed by atoms with E-state index in [0.717, 1.165) is 25.7 Å². The van der Waals surface area contributed by atoms with E-state index in [0.29, 0.717) is 16.9 Å². The molecule has 0 aromatic heterocycles. The first-order valence-corrected chi connectivity index (χ1v) is 7.45. The Kier molecular flexibility index (Phi) is 5.14. The summed E-state index contributed by atoms with van der Waals surface area (Å²) in [4.78, 5) is 34.8. The Morgan fingerprint density at radius 1 is 0.909 bits per heavy atom. The minimum absolute atomic E-state index is 0.189. The maximum absolute atomic E-state index is 12.3. The smallest absolute Gasteiger partial charge is 0.251 e. The van der Waals surface area contributed by atoms with Crippen LogP contribution in [-0.4, -0.2) is 23.8 Å². The molecule has 1 aromatic carbocycles. The number of rotatable bonds is 4. The molecule has 0 unspecified atom stereocenters. The van der Waals surface area contributed by atoms with E-state index in [4.69, 9.17) is 0 Å². The summed E-state index contributed by atoms with van der Waals surface area (Å²) in [6.45, 7) is 2.78. The zero-order valence-electron chi connectivity index (χ0n) is 12.9. The second-order valence-corrected chi connectivity index (χ2v) is 5.62. The van der Waals surface area contributed by atoms with Gasteiger partial charge in [0, 0.05) is 36.8 Å². The SMILES string of the molecule is CC(=O)Nc1cc(NC(C)=O)cc(C(=O)NC2CCCC2)c1. The van der Waals surface area contributed by atoms with Crippen molar-refractivity contribution in [3.63, 3.8) is 0 Å². The van der Waals surface area contributed by atoms with Crippen molar-refractivity contribution in [3.05, 3.63) is 23.8 Å². The fourth-order valence-corrected chi connectivity index (χ4v) is 2.65. The Morgan fingerprint density at radius 2 is 1.41 bits per heavy atom. The summed E-state index contributed by atoms with van der Waals surface area (Å²) in [6.07, 6.45) is 4.26. The Bertz CT molecular complexity index is 558. The van der Waals surface area contributed by atoms with Crippen molar-refractivity contribution in [3.8, 4) is 0 Å². The predicted octanol–water partition coefficient (Wildman–Crippen LogP) is 2.28. The molecule has 0 heterocycles. The van der Waals surface area contributed by atoms with Crippen LogP contribution in [0.4, 0.5) is 11.4 Å². The normalized spacial score (nSPS) is 14.5. The molecule has 6 nitrogen and oxygen atoms in total. The molecular formula is C16H21N3O3. The van der Waals surface area contributed by atoms with Crippen LogP contribution in [0.2, 0.25) is 0 Å². The van der Waals surface area contributed by atoms with E-state index in [1.807, 2.05) is 0 Å². The minimum Gasteiger partial charge on any atom is -0.349 e. The molecule has 22 heavy (non-hydrogen) atoms. The summed E-state index contributed by atoms with van der Waals surface area (Å²) in [5, 5.41) is 8.27. The van der Waals surface area contributed by atoms with Crippen molar-refractivity contribution >= 4 is 29.1 Å². The van der Waals surface area contributed by atoms with Crippen molar-refractivity contribution in [1.82, 2.24) is 5.32 Å². The Hall–Kier alpha value is -2.37. The third-order valence-corrected chi connectivity index (χ3v) is 3.53. The van der Waals surface area contributed by atoms with Crippen molar-refractivity contribution < 1.29 is 14.4 Å². The molecule has 0 bridgehead atoms. The first-order chi connectivity index (χ1) is 10.4. The zero-order valence-corrected chi connectivity index (χ0v) is 12.9. The van der Waals surface area contributed by atoms with Crippen LogP contribution in [0, 0.1) is 0 Å². The van der Waals surface area contributed by atoms with Crippen LogP contribution in [0.15, 0.2) is 18.2 Å². The van der Waals surface area contributed by atoms with Crippen LogP contribution in [-0.2, 0) is 9.59 Å². The average molecular weight is 303 g/mol. The average Bonchev–Trinajstić information content (AvgIpc) is 2.89. The van der Waals surface area contributed by atoms with Gasteiger partial charge in [-0.1, -0.05) is 12.8 Å². The van der Waals surface area contributed by atoms with Crippen molar-refractivity contribution in [2.45, 2.75) is 45.6 Å². The van der Waals surface area contributed by atoms with Gasteiger partial charge < -0.3 is 16.0 Å². The lowest BCUT2D eigenvalue weighted by atomic mass is 10.1. The molecule has 1 fully saturated rings. The van der Waals surface area contributed by atoms with Crippen LogP contribution in [0.3, 0.4) is 0 Å². The van der Waals surface area contributed by atoms with Gasteiger partial charge in [-0.3, -0.25) is 14.4 Å². The molecule has 3 amide bonds. The summed E-state index contributed by atoms with van der Waals surface area (Å²) >= 11 is 0. The molecule has 2 rings (SSSR count). The second-order valence-electron chi connectivity index (χ2n) is 5.62. The fourth-order valence-electron chi connectivity index (χ4n) is 2.65. The highest BCUT2D eigenvalue weighted by Crippen LogP contribution is 2.21. The lowest BCUT2D eigenvalue weighted by Gasteiger charge is -2.14. The van der Waals surface area contributed by atoms with Gasteiger partial charge in [-0.15, -0.1) is 0 Å². The monoisotopic (exact) mass is 303 g/mol.